The fourth-order valence-electron chi connectivity index (χ4n) is 2.00. The molecule has 0 aliphatic heterocycles. The van der Waals surface area contributed by atoms with Gasteiger partial charge in [-0.2, -0.15) is 0 Å². The Labute approximate surface area is 114 Å². The Balaban J connectivity index is 4.81. The Morgan fingerprint density at radius 3 is 1.83 bits per heavy atom. The number of hydrogen-bond acceptors (Lipinski definition) is 3. The second-order valence-corrected chi connectivity index (χ2v) is 8.66. The van der Waals surface area contributed by atoms with E-state index in [9.17, 15) is 0 Å². The van der Waals surface area contributed by atoms with E-state index in [2.05, 4.69) is 20.0 Å². The number of hydrogen-bond donors (Lipinski definition) is 0. The summed E-state index contributed by atoms with van der Waals surface area (Å²) in [5, 5.41) is 0. The third-order valence-electron chi connectivity index (χ3n) is 2.43. The van der Waals surface area contributed by atoms with E-state index < -0.39 is 8.56 Å². The number of rotatable bonds is 9. The van der Waals surface area contributed by atoms with Gasteiger partial charge in [0.1, 0.15) is 5.73 Å². The lowest BCUT2D eigenvalue weighted by Gasteiger charge is -2.36. The van der Waals surface area contributed by atoms with Crippen LogP contribution in [0.4, 0.5) is 0 Å². The summed E-state index contributed by atoms with van der Waals surface area (Å²) in [6, 6.07) is 0. The van der Waals surface area contributed by atoms with Gasteiger partial charge in [-0.1, -0.05) is 19.1 Å². The van der Waals surface area contributed by atoms with Gasteiger partial charge in [0, 0.05) is 12.2 Å². The van der Waals surface area contributed by atoms with E-state index in [0.29, 0.717) is 6.61 Å². The Morgan fingerprint density at radius 2 is 1.56 bits per heavy atom. The van der Waals surface area contributed by atoms with Gasteiger partial charge in [-0.05, 0) is 47.6 Å². The Hall–Kier alpha value is -0.163. The molecule has 108 valence electrons. The van der Waals surface area contributed by atoms with Gasteiger partial charge >= 0.3 is 8.56 Å². The first-order valence-electron chi connectivity index (χ1n) is 6.82. The first-order chi connectivity index (χ1) is 8.21. The maximum absolute atomic E-state index is 6.10. The minimum Gasteiger partial charge on any atom is -0.390 e. The van der Waals surface area contributed by atoms with Crippen molar-refractivity contribution in [2.24, 2.45) is 0 Å². The SMILES string of the molecule is C=C(C)COC(CC)[Si](C)(OC(C)C)OC(C)C. The molecule has 0 saturated carbocycles. The third kappa shape index (κ3) is 6.68. The molecule has 0 amide bonds. The molecule has 0 spiro atoms. The van der Waals surface area contributed by atoms with Crippen LogP contribution >= 0.6 is 0 Å². The highest BCUT2D eigenvalue weighted by molar-refractivity contribution is 6.67. The molecule has 0 saturated heterocycles. The molecule has 1 atom stereocenters. The van der Waals surface area contributed by atoms with Crippen molar-refractivity contribution < 1.29 is 13.6 Å². The first-order valence-corrected chi connectivity index (χ1v) is 9.22. The van der Waals surface area contributed by atoms with Gasteiger partial charge in [0.15, 0.2) is 0 Å². The van der Waals surface area contributed by atoms with Crippen molar-refractivity contribution in [2.75, 3.05) is 6.61 Å². The van der Waals surface area contributed by atoms with Gasteiger partial charge in [-0.15, -0.1) is 0 Å². The molecular formula is C14H30O3Si. The molecule has 0 aromatic carbocycles. The molecule has 0 aromatic heterocycles. The highest BCUT2D eigenvalue weighted by Crippen LogP contribution is 2.22. The van der Waals surface area contributed by atoms with Crippen LogP contribution in [0.25, 0.3) is 0 Å². The molecule has 1 unspecified atom stereocenters. The van der Waals surface area contributed by atoms with Crippen molar-refractivity contribution >= 4 is 8.56 Å². The van der Waals surface area contributed by atoms with Gasteiger partial charge in [-0.3, -0.25) is 0 Å². The highest BCUT2D eigenvalue weighted by atomic mass is 28.4. The Morgan fingerprint density at radius 1 is 1.11 bits per heavy atom. The zero-order valence-corrected chi connectivity index (χ0v) is 14.1. The van der Waals surface area contributed by atoms with Crippen LogP contribution in [0.1, 0.15) is 48.0 Å². The molecule has 4 heteroatoms. The predicted octanol–water partition coefficient (Wildman–Crippen LogP) is 3.82. The zero-order chi connectivity index (χ0) is 14.3. The average molecular weight is 274 g/mol. The Bertz CT molecular complexity index is 241. The summed E-state index contributed by atoms with van der Waals surface area (Å²) in [6.45, 7) is 18.8. The second kappa shape index (κ2) is 8.10. The lowest BCUT2D eigenvalue weighted by molar-refractivity contribution is 0.0309. The fourth-order valence-corrected chi connectivity index (χ4v) is 5.36. The van der Waals surface area contributed by atoms with Crippen LogP contribution in [-0.4, -0.2) is 33.1 Å². The summed E-state index contributed by atoms with van der Waals surface area (Å²) in [7, 11) is -2.34. The quantitative estimate of drug-likeness (QED) is 0.472. The summed E-state index contributed by atoms with van der Waals surface area (Å²) in [4.78, 5) is 0. The maximum Gasteiger partial charge on any atom is 0.365 e. The normalized spacial score (nSPS) is 14.3. The van der Waals surface area contributed by atoms with E-state index in [1.165, 1.54) is 0 Å². The van der Waals surface area contributed by atoms with Crippen molar-refractivity contribution in [1.29, 1.82) is 0 Å². The molecule has 0 aromatic rings. The smallest absolute Gasteiger partial charge is 0.365 e. The lowest BCUT2D eigenvalue weighted by atomic mass is 10.4. The molecule has 0 fully saturated rings. The van der Waals surface area contributed by atoms with E-state index in [1.807, 2.05) is 34.6 Å². The molecule has 3 nitrogen and oxygen atoms in total. The first kappa shape index (κ1) is 17.8. The van der Waals surface area contributed by atoms with Gasteiger partial charge in [-0.25, -0.2) is 0 Å². The van der Waals surface area contributed by atoms with E-state index in [1.54, 1.807) is 0 Å². The van der Waals surface area contributed by atoms with Crippen molar-refractivity contribution in [2.45, 2.75) is 72.4 Å². The molecule has 18 heavy (non-hydrogen) atoms. The van der Waals surface area contributed by atoms with Gasteiger partial charge < -0.3 is 13.6 Å². The molecule has 0 N–H and O–H groups in total. The van der Waals surface area contributed by atoms with Crippen molar-refractivity contribution in [3.63, 3.8) is 0 Å². The average Bonchev–Trinajstić information content (AvgIpc) is 2.14. The number of ether oxygens (including phenoxy) is 1. The van der Waals surface area contributed by atoms with E-state index in [0.717, 1.165) is 12.0 Å². The molecule has 0 rings (SSSR count). The molecule has 0 aliphatic rings. The van der Waals surface area contributed by atoms with E-state index >= 15 is 0 Å². The minimum atomic E-state index is -2.34. The standard InChI is InChI=1S/C14H30O3Si/c1-9-14(15-10-11(2)3)18(8,16-12(4)5)17-13(6)7/h12-14H,2,9-10H2,1,3-8H3. The largest absolute Gasteiger partial charge is 0.390 e. The van der Waals surface area contributed by atoms with Crippen LogP contribution in [0, 0.1) is 0 Å². The zero-order valence-electron chi connectivity index (χ0n) is 13.1. The van der Waals surface area contributed by atoms with E-state index in [4.69, 9.17) is 13.6 Å². The van der Waals surface area contributed by atoms with Crippen molar-refractivity contribution in [3.8, 4) is 0 Å². The van der Waals surface area contributed by atoms with Gasteiger partial charge in [0.2, 0.25) is 0 Å². The maximum atomic E-state index is 6.10. The van der Waals surface area contributed by atoms with Crippen LogP contribution in [0.5, 0.6) is 0 Å². The minimum absolute atomic E-state index is 0.0407. The molecular weight excluding hydrogens is 244 g/mol. The van der Waals surface area contributed by atoms with Crippen LogP contribution in [0.2, 0.25) is 6.55 Å². The monoisotopic (exact) mass is 274 g/mol. The summed E-state index contributed by atoms with van der Waals surface area (Å²) in [5.41, 5.74) is 1.07. The highest BCUT2D eigenvalue weighted by Gasteiger charge is 2.43. The van der Waals surface area contributed by atoms with Crippen LogP contribution in [-0.2, 0) is 13.6 Å². The Kier molecular flexibility index (Phi) is 8.02. The third-order valence-corrected chi connectivity index (χ3v) is 6.05. The summed E-state index contributed by atoms with van der Waals surface area (Å²) in [6.07, 6.45) is 1.21. The summed E-state index contributed by atoms with van der Waals surface area (Å²) in [5.74, 6) is 0. The van der Waals surface area contributed by atoms with Crippen molar-refractivity contribution in [3.05, 3.63) is 12.2 Å². The predicted molar refractivity (Wildman–Crippen MR) is 78.9 cm³/mol. The second-order valence-electron chi connectivity index (χ2n) is 5.51. The van der Waals surface area contributed by atoms with Crippen LogP contribution in [0.3, 0.4) is 0 Å². The van der Waals surface area contributed by atoms with Gasteiger partial charge in [0.05, 0.1) is 6.61 Å². The summed E-state index contributed by atoms with van der Waals surface area (Å²) < 4.78 is 18.1. The van der Waals surface area contributed by atoms with Crippen LogP contribution < -0.4 is 0 Å². The fraction of sp³-hybridized carbons (Fsp3) is 0.857. The van der Waals surface area contributed by atoms with Crippen LogP contribution in [0.15, 0.2) is 12.2 Å². The van der Waals surface area contributed by atoms with Gasteiger partial charge in [0.25, 0.3) is 0 Å². The van der Waals surface area contributed by atoms with E-state index in [-0.39, 0.29) is 17.9 Å². The molecule has 0 radical (unpaired) electrons. The topological polar surface area (TPSA) is 27.7 Å². The molecule has 0 bridgehead atoms. The van der Waals surface area contributed by atoms with Crippen molar-refractivity contribution in [1.82, 2.24) is 0 Å². The molecule has 0 heterocycles. The molecule has 0 aliphatic carbocycles. The lowest BCUT2D eigenvalue weighted by Crippen LogP contribution is -2.54. The summed E-state index contributed by atoms with van der Waals surface area (Å²) >= 11 is 0.